The number of nitrogens with one attached hydrogen (secondary N) is 1. The molecule has 0 aliphatic heterocycles. The lowest BCUT2D eigenvalue weighted by Gasteiger charge is -2.10. The monoisotopic (exact) mass is 263 g/mol. The van der Waals surface area contributed by atoms with Gasteiger partial charge < -0.3 is 5.32 Å². The SMILES string of the molecule is C[C@@H](C(=O)Nc1ccc(F)c(F)c1)S(C)(=O)=O. The van der Waals surface area contributed by atoms with Crippen LogP contribution in [0.4, 0.5) is 14.5 Å². The predicted octanol–water partition coefficient (Wildman–Crippen LogP) is 1.34. The Bertz CT molecular complexity index is 542. The van der Waals surface area contributed by atoms with Crippen LogP contribution in [0.2, 0.25) is 0 Å². The summed E-state index contributed by atoms with van der Waals surface area (Å²) in [5, 5.41) is 0.937. The number of amides is 1. The summed E-state index contributed by atoms with van der Waals surface area (Å²) < 4.78 is 47.6. The van der Waals surface area contributed by atoms with Crippen LogP contribution < -0.4 is 5.32 Å². The Labute approximate surface area is 97.6 Å². The van der Waals surface area contributed by atoms with Gasteiger partial charge in [-0.1, -0.05) is 0 Å². The molecule has 1 aromatic rings. The maximum atomic E-state index is 12.8. The van der Waals surface area contributed by atoms with E-state index in [0.29, 0.717) is 0 Å². The van der Waals surface area contributed by atoms with Crippen molar-refractivity contribution < 1.29 is 22.0 Å². The van der Waals surface area contributed by atoms with Crippen molar-refractivity contribution in [3.8, 4) is 0 Å². The van der Waals surface area contributed by atoms with Crippen molar-refractivity contribution in [3.05, 3.63) is 29.8 Å². The van der Waals surface area contributed by atoms with E-state index in [4.69, 9.17) is 0 Å². The van der Waals surface area contributed by atoms with E-state index in [0.717, 1.165) is 24.5 Å². The lowest BCUT2D eigenvalue weighted by atomic mass is 10.3. The minimum absolute atomic E-state index is 0.00407. The molecular weight excluding hydrogens is 252 g/mol. The number of rotatable bonds is 3. The summed E-state index contributed by atoms with van der Waals surface area (Å²) in [6.45, 7) is 1.21. The number of benzene rings is 1. The summed E-state index contributed by atoms with van der Waals surface area (Å²) >= 11 is 0. The molecule has 7 heteroatoms. The van der Waals surface area contributed by atoms with E-state index < -0.39 is 32.6 Å². The Hall–Kier alpha value is -1.50. The quantitative estimate of drug-likeness (QED) is 0.895. The van der Waals surface area contributed by atoms with E-state index in [1.165, 1.54) is 6.92 Å². The Morgan fingerprint density at radius 2 is 1.88 bits per heavy atom. The van der Waals surface area contributed by atoms with Crippen molar-refractivity contribution in [2.75, 3.05) is 11.6 Å². The van der Waals surface area contributed by atoms with Crippen molar-refractivity contribution in [2.45, 2.75) is 12.2 Å². The molecule has 0 bridgehead atoms. The maximum absolute atomic E-state index is 12.8. The van der Waals surface area contributed by atoms with Crippen LogP contribution in [0.25, 0.3) is 0 Å². The highest BCUT2D eigenvalue weighted by Gasteiger charge is 2.23. The third-order valence-electron chi connectivity index (χ3n) is 2.20. The van der Waals surface area contributed by atoms with Crippen LogP contribution >= 0.6 is 0 Å². The van der Waals surface area contributed by atoms with Crippen LogP contribution in [-0.4, -0.2) is 25.8 Å². The first-order valence-corrected chi connectivity index (χ1v) is 6.62. The number of sulfone groups is 1. The molecule has 0 spiro atoms. The summed E-state index contributed by atoms with van der Waals surface area (Å²) in [6.07, 6.45) is 0.919. The third-order valence-corrected chi connectivity index (χ3v) is 3.70. The zero-order valence-electron chi connectivity index (χ0n) is 9.20. The Morgan fingerprint density at radius 1 is 1.29 bits per heavy atom. The van der Waals surface area contributed by atoms with Crippen LogP contribution in [-0.2, 0) is 14.6 Å². The lowest BCUT2D eigenvalue weighted by molar-refractivity contribution is -0.115. The fourth-order valence-corrected chi connectivity index (χ4v) is 1.46. The number of halogens is 2. The number of carbonyl (C=O) groups is 1. The molecule has 0 fully saturated rings. The predicted molar refractivity (Wildman–Crippen MR) is 59.3 cm³/mol. The molecule has 0 aliphatic rings. The highest BCUT2D eigenvalue weighted by Crippen LogP contribution is 2.14. The van der Waals surface area contributed by atoms with Crippen molar-refractivity contribution in [3.63, 3.8) is 0 Å². The molecule has 0 unspecified atom stereocenters. The lowest BCUT2D eigenvalue weighted by Crippen LogP contribution is -2.31. The smallest absolute Gasteiger partial charge is 0.242 e. The summed E-state index contributed by atoms with van der Waals surface area (Å²) in [4.78, 5) is 11.4. The molecule has 0 saturated carbocycles. The molecular formula is C10H11F2NO3S. The van der Waals surface area contributed by atoms with E-state index in [2.05, 4.69) is 5.32 Å². The third kappa shape index (κ3) is 3.48. The average molecular weight is 263 g/mol. The highest BCUT2D eigenvalue weighted by molar-refractivity contribution is 7.92. The summed E-state index contributed by atoms with van der Waals surface area (Å²) in [7, 11) is -3.52. The van der Waals surface area contributed by atoms with Crippen LogP contribution in [0, 0.1) is 11.6 Å². The molecule has 1 rings (SSSR count). The molecule has 1 N–H and O–H groups in total. The van der Waals surface area contributed by atoms with Crippen LogP contribution in [0.3, 0.4) is 0 Å². The van der Waals surface area contributed by atoms with Gasteiger partial charge in [-0.25, -0.2) is 17.2 Å². The van der Waals surface area contributed by atoms with E-state index in [1.807, 2.05) is 0 Å². The Morgan fingerprint density at radius 3 is 2.35 bits per heavy atom. The van der Waals surface area contributed by atoms with E-state index >= 15 is 0 Å². The van der Waals surface area contributed by atoms with Crippen LogP contribution in [0.5, 0.6) is 0 Å². The fourth-order valence-electron chi connectivity index (χ4n) is 1.01. The molecule has 0 heterocycles. The first kappa shape index (κ1) is 13.6. The van der Waals surface area contributed by atoms with Crippen molar-refractivity contribution >= 4 is 21.4 Å². The van der Waals surface area contributed by atoms with Gasteiger partial charge in [-0.3, -0.25) is 4.79 Å². The molecule has 0 saturated heterocycles. The largest absolute Gasteiger partial charge is 0.325 e. The van der Waals surface area contributed by atoms with Gasteiger partial charge in [0.05, 0.1) is 0 Å². The molecule has 0 aromatic heterocycles. The van der Waals surface area contributed by atoms with Gasteiger partial charge in [0, 0.05) is 18.0 Å². The molecule has 1 aromatic carbocycles. The normalized spacial score (nSPS) is 13.2. The Kier molecular flexibility index (Phi) is 3.82. The topological polar surface area (TPSA) is 63.2 Å². The summed E-state index contributed by atoms with van der Waals surface area (Å²) in [5.74, 6) is -2.95. The van der Waals surface area contributed by atoms with Gasteiger partial charge in [-0.15, -0.1) is 0 Å². The van der Waals surface area contributed by atoms with Gasteiger partial charge in [0.25, 0.3) is 0 Å². The van der Waals surface area contributed by atoms with Gasteiger partial charge in [-0.05, 0) is 19.1 Å². The van der Waals surface area contributed by atoms with E-state index in [9.17, 15) is 22.0 Å². The number of hydrogen-bond donors (Lipinski definition) is 1. The minimum Gasteiger partial charge on any atom is -0.325 e. The van der Waals surface area contributed by atoms with Crippen LogP contribution in [0.15, 0.2) is 18.2 Å². The van der Waals surface area contributed by atoms with Gasteiger partial charge in [0.2, 0.25) is 5.91 Å². The molecule has 1 atom stereocenters. The van der Waals surface area contributed by atoms with Gasteiger partial charge in [0.15, 0.2) is 21.5 Å². The number of anilines is 1. The first-order chi connectivity index (χ1) is 7.71. The van der Waals surface area contributed by atoms with Crippen molar-refractivity contribution in [1.82, 2.24) is 0 Å². The minimum atomic E-state index is -3.52. The molecule has 1 amide bonds. The first-order valence-electron chi connectivity index (χ1n) is 4.66. The number of carbonyl (C=O) groups excluding carboxylic acids is 1. The van der Waals surface area contributed by atoms with E-state index in [-0.39, 0.29) is 5.69 Å². The molecule has 17 heavy (non-hydrogen) atoms. The van der Waals surface area contributed by atoms with Gasteiger partial charge >= 0.3 is 0 Å². The average Bonchev–Trinajstić information content (AvgIpc) is 2.21. The fraction of sp³-hybridized carbons (Fsp3) is 0.300. The van der Waals surface area contributed by atoms with Crippen molar-refractivity contribution in [2.24, 2.45) is 0 Å². The van der Waals surface area contributed by atoms with Crippen molar-refractivity contribution in [1.29, 1.82) is 0 Å². The second-order valence-corrected chi connectivity index (χ2v) is 5.96. The molecule has 0 aliphatic carbocycles. The zero-order chi connectivity index (χ0) is 13.2. The maximum Gasteiger partial charge on any atom is 0.242 e. The Balaban J connectivity index is 2.85. The second kappa shape index (κ2) is 4.79. The number of hydrogen-bond acceptors (Lipinski definition) is 3. The summed E-state index contributed by atoms with van der Waals surface area (Å²) in [6, 6.07) is 2.77. The molecule has 94 valence electrons. The van der Waals surface area contributed by atoms with Crippen LogP contribution in [0.1, 0.15) is 6.92 Å². The highest BCUT2D eigenvalue weighted by atomic mass is 32.2. The molecule has 0 radical (unpaired) electrons. The zero-order valence-corrected chi connectivity index (χ0v) is 10.0. The van der Waals surface area contributed by atoms with E-state index in [1.54, 1.807) is 0 Å². The standard InChI is InChI=1S/C10H11F2NO3S/c1-6(17(2,15)16)10(14)13-7-3-4-8(11)9(12)5-7/h3-6H,1-2H3,(H,13,14)/t6-/m0/s1. The molecule has 4 nitrogen and oxygen atoms in total. The van der Waals surface area contributed by atoms with Gasteiger partial charge in [0.1, 0.15) is 5.25 Å². The summed E-state index contributed by atoms with van der Waals surface area (Å²) in [5.41, 5.74) is 0.00407. The second-order valence-electron chi connectivity index (χ2n) is 3.59. The van der Waals surface area contributed by atoms with Gasteiger partial charge in [-0.2, -0.15) is 0 Å².